The van der Waals surface area contributed by atoms with E-state index in [9.17, 15) is 22.8 Å². The number of methoxy groups -OCH3 is 1. The van der Waals surface area contributed by atoms with E-state index in [4.69, 9.17) is 14.6 Å². The van der Waals surface area contributed by atoms with Gasteiger partial charge in [-0.05, 0) is 30.3 Å². The third kappa shape index (κ3) is 4.97. The Bertz CT molecular complexity index is 1010. The van der Waals surface area contributed by atoms with Crippen LogP contribution in [0, 0.1) is 0 Å². The zero-order valence-corrected chi connectivity index (χ0v) is 16.4. The van der Waals surface area contributed by atoms with Gasteiger partial charge in [-0.1, -0.05) is 18.2 Å². The number of β-amino-alcohol motifs (C(OH)–C–C–N with tert-alkyl or cyclic N) is 1. The molecule has 3 rings (SSSR count). The van der Waals surface area contributed by atoms with Gasteiger partial charge in [0.1, 0.15) is 11.4 Å². The predicted molar refractivity (Wildman–Crippen MR) is 104 cm³/mol. The smallest absolute Gasteiger partial charge is 0.416 e. The van der Waals surface area contributed by atoms with E-state index in [0.717, 1.165) is 25.3 Å². The summed E-state index contributed by atoms with van der Waals surface area (Å²) in [6.07, 6.45) is -4.64. The van der Waals surface area contributed by atoms with E-state index < -0.39 is 23.6 Å². The van der Waals surface area contributed by atoms with Gasteiger partial charge in [0, 0.05) is 6.54 Å². The van der Waals surface area contributed by atoms with Crippen molar-refractivity contribution in [3.05, 3.63) is 65.4 Å². The molecular weight excluding hydrogens is 417 g/mol. The number of aliphatic hydroxyl groups is 1. The largest absolute Gasteiger partial charge is 0.466 e. The second-order valence-electron chi connectivity index (χ2n) is 6.54. The number of carbonyl (C=O) groups is 2. The maximum Gasteiger partial charge on any atom is 0.416 e. The zero-order valence-electron chi connectivity index (χ0n) is 16.4. The average molecular weight is 436 g/mol. The number of esters is 1. The summed E-state index contributed by atoms with van der Waals surface area (Å²) in [6, 6.07) is 11.1. The molecule has 2 aromatic rings. The quantitative estimate of drug-likeness (QED) is 0.649. The maximum atomic E-state index is 13.3. The highest BCUT2D eigenvalue weighted by Crippen LogP contribution is 2.38. The number of anilines is 1. The van der Waals surface area contributed by atoms with Gasteiger partial charge in [0.2, 0.25) is 0 Å². The van der Waals surface area contributed by atoms with Crippen molar-refractivity contribution in [3.8, 4) is 11.5 Å². The highest BCUT2D eigenvalue weighted by Gasteiger charge is 2.36. The molecule has 1 aliphatic rings. The topological polar surface area (TPSA) is 88.1 Å². The van der Waals surface area contributed by atoms with E-state index in [1.165, 1.54) is 4.90 Å². The first-order chi connectivity index (χ1) is 14.7. The van der Waals surface area contributed by atoms with Crippen molar-refractivity contribution in [2.75, 3.05) is 32.1 Å². The van der Waals surface area contributed by atoms with Crippen molar-refractivity contribution in [1.29, 1.82) is 0 Å². The summed E-state index contributed by atoms with van der Waals surface area (Å²) in [7, 11) is 1.13. The Hall–Kier alpha value is -3.53. The summed E-state index contributed by atoms with van der Waals surface area (Å²) in [5.74, 6) is -1.08. The summed E-state index contributed by atoms with van der Waals surface area (Å²) in [6.45, 7) is -0.553. The summed E-state index contributed by atoms with van der Waals surface area (Å²) in [5.41, 5.74) is -1.43. The number of benzene rings is 2. The number of rotatable bonds is 7. The minimum absolute atomic E-state index is 0.0179. The molecular formula is C21H19F3N2O5. The number of alkyl halides is 3. The molecule has 0 saturated heterocycles. The van der Waals surface area contributed by atoms with Gasteiger partial charge in [0.15, 0.2) is 5.75 Å². The Morgan fingerprint density at radius 2 is 1.90 bits per heavy atom. The number of para-hydroxylation sites is 1. The van der Waals surface area contributed by atoms with E-state index >= 15 is 0 Å². The summed E-state index contributed by atoms with van der Waals surface area (Å²) in [4.78, 5) is 26.0. The highest BCUT2D eigenvalue weighted by molar-refractivity contribution is 6.08. The Balaban J connectivity index is 2.04. The number of carbonyl (C=O) groups excluding carboxylic acids is 2. The van der Waals surface area contributed by atoms with Crippen LogP contribution < -0.4 is 10.1 Å². The Kier molecular flexibility index (Phi) is 6.50. The average Bonchev–Trinajstić information content (AvgIpc) is 3.04. The Morgan fingerprint density at radius 1 is 1.19 bits per heavy atom. The fourth-order valence-electron chi connectivity index (χ4n) is 2.99. The van der Waals surface area contributed by atoms with Crippen LogP contribution in [0.4, 0.5) is 18.9 Å². The van der Waals surface area contributed by atoms with E-state index in [2.05, 4.69) is 5.32 Å². The molecule has 0 unspecified atom stereocenters. The van der Waals surface area contributed by atoms with Crippen LogP contribution in [0.15, 0.2) is 59.8 Å². The molecule has 0 aromatic heterocycles. The highest BCUT2D eigenvalue weighted by atomic mass is 19.4. The van der Waals surface area contributed by atoms with E-state index in [1.54, 1.807) is 30.3 Å². The van der Waals surface area contributed by atoms with Crippen LogP contribution in [0.1, 0.15) is 5.56 Å². The molecule has 31 heavy (non-hydrogen) atoms. The number of nitrogens with zero attached hydrogens (tertiary/aromatic N) is 1. The van der Waals surface area contributed by atoms with Crippen molar-refractivity contribution in [2.45, 2.75) is 6.18 Å². The van der Waals surface area contributed by atoms with Crippen LogP contribution in [0.3, 0.4) is 0 Å². The zero-order chi connectivity index (χ0) is 22.6. The van der Waals surface area contributed by atoms with Crippen LogP contribution in [0.5, 0.6) is 11.5 Å². The second-order valence-corrected chi connectivity index (χ2v) is 6.54. The van der Waals surface area contributed by atoms with Crippen LogP contribution >= 0.6 is 0 Å². The normalized spacial score (nSPS) is 14.1. The molecule has 1 heterocycles. The summed E-state index contributed by atoms with van der Waals surface area (Å²) < 4.78 is 50.2. The Morgan fingerprint density at radius 3 is 2.52 bits per heavy atom. The lowest BCUT2D eigenvalue weighted by Crippen LogP contribution is -2.31. The molecule has 1 aliphatic heterocycles. The minimum atomic E-state index is -4.64. The first-order valence-corrected chi connectivity index (χ1v) is 9.17. The van der Waals surface area contributed by atoms with E-state index in [-0.39, 0.29) is 42.4 Å². The summed E-state index contributed by atoms with van der Waals surface area (Å²) in [5, 5.41) is 11.8. The summed E-state index contributed by atoms with van der Waals surface area (Å²) >= 11 is 0. The van der Waals surface area contributed by atoms with Gasteiger partial charge in [-0.3, -0.25) is 4.79 Å². The van der Waals surface area contributed by atoms with Crippen LogP contribution in [-0.2, 0) is 20.5 Å². The van der Waals surface area contributed by atoms with Crippen LogP contribution in [0.2, 0.25) is 0 Å². The van der Waals surface area contributed by atoms with Crippen molar-refractivity contribution < 1.29 is 37.3 Å². The lowest BCUT2D eigenvalue weighted by molar-refractivity contribution is -0.138. The fourth-order valence-corrected chi connectivity index (χ4v) is 2.99. The molecule has 0 radical (unpaired) electrons. The van der Waals surface area contributed by atoms with Gasteiger partial charge in [0.25, 0.3) is 5.91 Å². The molecule has 0 atom stereocenters. The molecule has 10 heteroatoms. The van der Waals surface area contributed by atoms with Gasteiger partial charge in [0.05, 0.1) is 37.1 Å². The molecule has 7 nitrogen and oxygen atoms in total. The number of hydrogen-bond acceptors (Lipinski definition) is 6. The van der Waals surface area contributed by atoms with E-state index in [1.807, 2.05) is 0 Å². The van der Waals surface area contributed by atoms with Crippen molar-refractivity contribution in [3.63, 3.8) is 0 Å². The van der Waals surface area contributed by atoms with Crippen molar-refractivity contribution >= 4 is 17.6 Å². The maximum absolute atomic E-state index is 13.3. The predicted octanol–water partition coefficient (Wildman–Crippen LogP) is 3.17. The number of ether oxygens (including phenoxy) is 2. The molecule has 0 fully saturated rings. The lowest BCUT2D eigenvalue weighted by Gasteiger charge is -2.17. The monoisotopic (exact) mass is 436 g/mol. The van der Waals surface area contributed by atoms with Crippen molar-refractivity contribution in [1.82, 2.24) is 4.90 Å². The van der Waals surface area contributed by atoms with Gasteiger partial charge in [-0.15, -0.1) is 0 Å². The molecule has 0 spiro atoms. The minimum Gasteiger partial charge on any atom is -0.466 e. The standard InChI is InChI=1S/C21H19F3N2O5/c1-30-20(29)15-12-26(9-10-27)19(28)18(15)25-16-11-13(21(22,23)24)7-8-17(16)31-14-5-3-2-4-6-14/h2-8,11,25,27H,9-10,12H2,1H3. The van der Waals surface area contributed by atoms with Gasteiger partial charge >= 0.3 is 12.1 Å². The number of halogens is 3. The second kappa shape index (κ2) is 9.09. The van der Waals surface area contributed by atoms with Crippen LogP contribution in [-0.4, -0.2) is 48.7 Å². The third-order valence-corrected chi connectivity index (χ3v) is 4.49. The number of hydrogen-bond donors (Lipinski definition) is 2. The van der Waals surface area contributed by atoms with E-state index in [0.29, 0.717) is 5.75 Å². The van der Waals surface area contributed by atoms with Gasteiger partial charge < -0.3 is 24.8 Å². The number of nitrogens with one attached hydrogen (secondary N) is 1. The number of aliphatic hydroxyl groups excluding tert-OH is 1. The first-order valence-electron chi connectivity index (χ1n) is 9.17. The van der Waals surface area contributed by atoms with Gasteiger partial charge in [-0.2, -0.15) is 13.2 Å². The SMILES string of the molecule is COC(=O)C1=C(Nc2cc(C(F)(F)F)ccc2Oc2ccccc2)C(=O)N(CCO)C1. The molecule has 164 valence electrons. The first kappa shape index (κ1) is 22.2. The number of amides is 1. The van der Waals surface area contributed by atoms with Crippen molar-refractivity contribution in [2.24, 2.45) is 0 Å². The molecule has 2 N–H and O–H groups in total. The molecule has 0 aliphatic carbocycles. The molecule has 2 aromatic carbocycles. The molecule has 0 saturated carbocycles. The molecule has 1 amide bonds. The fraction of sp³-hybridized carbons (Fsp3) is 0.238. The third-order valence-electron chi connectivity index (χ3n) is 4.49. The lowest BCUT2D eigenvalue weighted by atomic mass is 10.1. The van der Waals surface area contributed by atoms with Crippen LogP contribution in [0.25, 0.3) is 0 Å². The Labute approximate surface area is 175 Å². The molecule has 0 bridgehead atoms. The van der Waals surface area contributed by atoms with Gasteiger partial charge in [-0.25, -0.2) is 4.79 Å².